The van der Waals surface area contributed by atoms with Crippen LogP contribution in [0.5, 0.6) is 0 Å². The first-order valence-electron chi connectivity index (χ1n) is 18.9. The molecule has 6 rings (SSSR count). The van der Waals surface area contributed by atoms with Gasteiger partial charge in [0.1, 0.15) is 36.6 Å². The van der Waals surface area contributed by atoms with Crippen LogP contribution in [0.1, 0.15) is 43.0 Å². The number of hydrogen-bond donors (Lipinski definition) is 2. The lowest BCUT2D eigenvalue weighted by Crippen LogP contribution is -2.68. The van der Waals surface area contributed by atoms with Gasteiger partial charge in [0.05, 0.1) is 39.1 Å². The summed E-state index contributed by atoms with van der Waals surface area (Å²) >= 11 is 0. The van der Waals surface area contributed by atoms with Crippen LogP contribution in [0.15, 0.2) is 121 Å². The number of aliphatic hydroxyl groups excluding tert-OH is 1. The van der Waals surface area contributed by atoms with E-state index in [1.54, 1.807) is 0 Å². The van der Waals surface area contributed by atoms with E-state index in [1.807, 2.05) is 128 Å². The van der Waals surface area contributed by atoms with E-state index >= 15 is 0 Å². The summed E-state index contributed by atoms with van der Waals surface area (Å²) in [6.45, 7) is 5.33. The molecule has 2 N–H and O–H groups in total. The van der Waals surface area contributed by atoms with Crippen LogP contribution in [0.2, 0.25) is 0 Å². The molecule has 1 amide bonds. The van der Waals surface area contributed by atoms with E-state index in [-0.39, 0.29) is 33.0 Å². The van der Waals surface area contributed by atoms with Gasteiger partial charge in [0.25, 0.3) is 0 Å². The van der Waals surface area contributed by atoms with Crippen LogP contribution in [0.4, 0.5) is 0 Å². The predicted molar refractivity (Wildman–Crippen MR) is 204 cm³/mol. The summed E-state index contributed by atoms with van der Waals surface area (Å²) in [5, 5.41) is 14.1. The van der Waals surface area contributed by atoms with E-state index < -0.39 is 73.2 Å². The highest BCUT2D eigenvalue weighted by Crippen LogP contribution is 2.35. The highest BCUT2D eigenvalue weighted by Gasteiger charge is 2.54. The van der Waals surface area contributed by atoms with Gasteiger partial charge in [-0.3, -0.25) is 9.59 Å². The van der Waals surface area contributed by atoms with Gasteiger partial charge in [0.2, 0.25) is 5.91 Å². The standard InChI is InChI=1S/C44H51NO11/c1-29-38(50-25-33-18-10-5-11-19-33)41(51-26-34-20-12-6-13-21-34)42(52-27-35-22-14-7-15-23-35)44(53-29)56-40-37(45-30(2)46)43(48)55-36(39(40)54-31(3)47)28-49-24-32-16-8-4-9-17-32/h4-23,29,36-44,48H,24-28H2,1-3H3,(H,45,46)/t29-,36+,37+,38+,39+,40+,41+,42-,43-,44+/m0/s1. The number of benzene rings is 4. The van der Waals surface area contributed by atoms with Gasteiger partial charge in [-0.15, -0.1) is 0 Å². The van der Waals surface area contributed by atoms with Crippen LogP contribution in [0.3, 0.4) is 0 Å². The second-order valence-corrected chi connectivity index (χ2v) is 14.0. The SMILES string of the molecule is CC(=O)N[C@@H]1[C@@H](O[C@H]2O[C@@H](C)[C@@H](OCc3ccccc3)[C@@H](OCc3ccccc3)[C@@H]2OCc2ccccc2)[C@H](OC(C)=O)[C@@H](COCc2ccccc2)O[C@@H]1O. The molecule has 0 radical (unpaired) electrons. The fourth-order valence-corrected chi connectivity index (χ4v) is 6.94. The molecular weight excluding hydrogens is 718 g/mol. The minimum absolute atomic E-state index is 0.0649. The Hall–Kier alpha value is -4.50. The Kier molecular flexibility index (Phi) is 15.1. The summed E-state index contributed by atoms with van der Waals surface area (Å²) in [4.78, 5) is 25.2. The van der Waals surface area contributed by atoms with E-state index in [9.17, 15) is 14.7 Å². The minimum atomic E-state index is -1.56. The summed E-state index contributed by atoms with van der Waals surface area (Å²) in [6, 6.07) is 37.6. The van der Waals surface area contributed by atoms with E-state index in [4.69, 9.17) is 37.9 Å². The van der Waals surface area contributed by atoms with Gasteiger partial charge >= 0.3 is 5.97 Å². The summed E-state index contributed by atoms with van der Waals surface area (Å²) in [5.41, 5.74) is 3.74. The zero-order valence-electron chi connectivity index (χ0n) is 31.9. The van der Waals surface area contributed by atoms with Gasteiger partial charge in [0.15, 0.2) is 18.7 Å². The maximum Gasteiger partial charge on any atom is 0.303 e. The molecule has 2 aliphatic heterocycles. The second-order valence-electron chi connectivity index (χ2n) is 14.0. The van der Waals surface area contributed by atoms with Crippen LogP contribution in [0, 0.1) is 0 Å². The Morgan fingerprint density at radius 3 is 1.55 bits per heavy atom. The first-order chi connectivity index (χ1) is 27.2. The molecule has 0 aliphatic carbocycles. The molecule has 2 saturated heterocycles. The third-order valence-electron chi connectivity index (χ3n) is 9.61. The quantitative estimate of drug-likeness (QED) is 0.136. The van der Waals surface area contributed by atoms with Crippen LogP contribution >= 0.6 is 0 Å². The molecule has 4 aromatic rings. The molecule has 2 fully saturated rings. The van der Waals surface area contributed by atoms with Crippen LogP contribution in [0.25, 0.3) is 0 Å². The molecule has 2 aliphatic rings. The van der Waals surface area contributed by atoms with E-state index in [2.05, 4.69) is 5.32 Å². The molecule has 2 heterocycles. The fraction of sp³-hybridized carbons (Fsp3) is 0.409. The number of esters is 1. The van der Waals surface area contributed by atoms with Crippen molar-refractivity contribution in [2.75, 3.05) is 6.61 Å². The molecule has 0 aromatic heterocycles. The molecule has 4 aromatic carbocycles. The summed E-state index contributed by atoms with van der Waals surface area (Å²) in [5.74, 6) is -1.08. The van der Waals surface area contributed by atoms with Crippen molar-refractivity contribution in [2.24, 2.45) is 0 Å². The highest BCUT2D eigenvalue weighted by atomic mass is 16.7. The number of aliphatic hydroxyl groups is 1. The van der Waals surface area contributed by atoms with Crippen molar-refractivity contribution < 1.29 is 52.6 Å². The summed E-state index contributed by atoms with van der Waals surface area (Å²) in [7, 11) is 0. The predicted octanol–water partition coefficient (Wildman–Crippen LogP) is 5.24. The lowest BCUT2D eigenvalue weighted by atomic mass is 9.95. The molecule has 0 saturated carbocycles. The first kappa shape index (κ1) is 41.1. The smallest absolute Gasteiger partial charge is 0.303 e. The topological polar surface area (TPSA) is 140 Å². The third kappa shape index (κ3) is 11.5. The average Bonchev–Trinajstić information content (AvgIpc) is 3.20. The number of hydrogen-bond acceptors (Lipinski definition) is 11. The highest BCUT2D eigenvalue weighted by molar-refractivity contribution is 5.73. The van der Waals surface area contributed by atoms with Gasteiger partial charge in [-0.05, 0) is 29.2 Å². The van der Waals surface area contributed by atoms with E-state index in [0.717, 1.165) is 22.3 Å². The Bertz CT molecular complexity index is 1770. The molecule has 12 heteroatoms. The van der Waals surface area contributed by atoms with Crippen molar-refractivity contribution in [3.05, 3.63) is 144 Å². The van der Waals surface area contributed by atoms with Crippen molar-refractivity contribution in [1.82, 2.24) is 5.32 Å². The molecular formula is C44H51NO11. The van der Waals surface area contributed by atoms with Gasteiger partial charge in [-0.1, -0.05) is 121 Å². The number of carbonyl (C=O) groups excluding carboxylic acids is 2. The van der Waals surface area contributed by atoms with Gasteiger partial charge in [0, 0.05) is 13.8 Å². The molecule has 10 atom stereocenters. The molecule has 0 spiro atoms. The van der Waals surface area contributed by atoms with Gasteiger partial charge < -0.3 is 48.3 Å². The molecule has 0 bridgehead atoms. The molecule has 56 heavy (non-hydrogen) atoms. The van der Waals surface area contributed by atoms with E-state index in [0.29, 0.717) is 0 Å². The van der Waals surface area contributed by atoms with Crippen molar-refractivity contribution in [3.63, 3.8) is 0 Å². The fourth-order valence-electron chi connectivity index (χ4n) is 6.94. The number of amides is 1. The minimum Gasteiger partial charge on any atom is -0.457 e. The summed E-state index contributed by atoms with van der Waals surface area (Å²) in [6.07, 6.45) is -8.90. The normalized spacial score (nSPS) is 27.6. The van der Waals surface area contributed by atoms with Gasteiger partial charge in [-0.25, -0.2) is 0 Å². The first-order valence-corrected chi connectivity index (χ1v) is 18.9. The van der Waals surface area contributed by atoms with Gasteiger partial charge in [-0.2, -0.15) is 0 Å². The monoisotopic (exact) mass is 769 g/mol. The molecule has 12 nitrogen and oxygen atoms in total. The lowest BCUT2D eigenvalue weighted by Gasteiger charge is -2.49. The average molecular weight is 770 g/mol. The maximum atomic E-state index is 12.7. The second kappa shape index (κ2) is 20.6. The van der Waals surface area contributed by atoms with Crippen molar-refractivity contribution in [3.8, 4) is 0 Å². The Morgan fingerprint density at radius 1 is 0.607 bits per heavy atom. The number of carbonyl (C=O) groups is 2. The van der Waals surface area contributed by atoms with Crippen molar-refractivity contribution >= 4 is 11.9 Å². The summed E-state index contributed by atoms with van der Waals surface area (Å²) < 4.78 is 51.3. The molecule has 0 unspecified atom stereocenters. The Labute approximate surface area is 327 Å². The number of ether oxygens (including phenoxy) is 8. The third-order valence-corrected chi connectivity index (χ3v) is 9.61. The zero-order chi connectivity index (χ0) is 39.3. The number of rotatable bonds is 17. The lowest BCUT2D eigenvalue weighted by molar-refractivity contribution is -0.352. The zero-order valence-corrected chi connectivity index (χ0v) is 31.9. The Balaban J connectivity index is 1.33. The van der Waals surface area contributed by atoms with Crippen LogP contribution < -0.4 is 5.32 Å². The van der Waals surface area contributed by atoms with Crippen molar-refractivity contribution in [1.29, 1.82) is 0 Å². The van der Waals surface area contributed by atoms with Crippen LogP contribution in [-0.2, 0) is 73.9 Å². The van der Waals surface area contributed by atoms with E-state index in [1.165, 1.54) is 13.8 Å². The maximum absolute atomic E-state index is 12.7. The Morgan fingerprint density at radius 2 is 1.07 bits per heavy atom. The van der Waals surface area contributed by atoms with Crippen molar-refractivity contribution in [2.45, 2.75) is 109 Å². The van der Waals surface area contributed by atoms with Crippen LogP contribution in [-0.4, -0.2) is 84.9 Å². The number of nitrogens with one attached hydrogen (secondary N) is 1. The molecule has 298 valence electrons. The largest absolute Gasteiger partial charge is 0.457 e.